The van der Waals surface area contributed by atoms with E-state index in [4.69, 9.17) is 9.72 Å². The lowest BCUT2D eigenvalue weighted by atomic mass is 10.2. The highest BCUT2D eigenvalue weighted by molar-refractivity contribution is 7.99. The third-order valence-corrected chi connectivity index (χ3v) is 5.78. The summed E-state index contributed by atoms with van der Waals surface area (Å²) in [4.78, 5) is 6.47. The van der Waals surface area contributed by atoms with Gasteiger partial charge in [0.2, 0.25) is 5.16 Å². The molecule has 26 heavy (non-hydrogen) atoms. The Hall–Kier alpha value is -1.70. The zero-order valence-electron chi connectivity index (χ0n) is 15.5. The lowest BCUT2D eigenvalue weighted by molar-refractivity contribution is -0.905. The van der Waals surface area contributed by atoms with E-state index in [-0.39, 0.29) is 0 Å². The Morgan fingerprint density at radius 2 is 2.08 bits per heavy atom. The fraction of sp³-hybridized carbons (Fsp3) is 0.526. The van der Waals surface area contributed by atoms with E-state index < -0.39 is 0 Å². The molecule has 3 heterocycles. The number of morpholine rings is 1. The van der Waals surface area contributed by atoms with Crippen LogP contribution in [0.4, 0.5) is 0 Å². The van der Waals surface area contributed by atoms with Crippen LogP contribution in [0.15, 0.2) is 23.4 Å². The zero-order valence-corrected chi connectivity index (χ0v) is 16.3. The molecule has 0 unspecified atom stereocenters. The number of rotatable bonds is 6. The summed E-state index contributed by atoms with van der Waals surface area (Å²) in [5.74, 6) is 1.01. The van der Waals surface area contributed by atoms with Gasteiger partial charge < -0.3 is 14.2 Å². The van der Waals surface area contributed by atoms with Crippen molar-refractivity contribution in [2.45, 2.75) is 32.0 Å². The minimum Gasteiger partial charge on any atom is -0.370 e. The van der Waals surface area contributed by atoms with Crippen LogP contribution in [0.2, 0.25) is 0 Å². The van der Waals surface area contributed by atoms with Crippen LogP contribution in [0.25, 0.3) is 22.1 Å². The number of hydrogen-bond donors (Lipinski definition) is 1. The van der Waals surface area contributed by atoms with Crippen LogP contribution in [-0.2, 0) is 11.3 Å². The van der Waals surface area contributed by atoms with Gasteiger partial charge in [0.1, 0.15) is 18.6 Å². The van der Waals surface area contributed by atoms with E-state index in [2.05, 4.69) is 46.8 Å². The van der Waals surface area contributed by atoms with Crippen LogP contribution in [0.5, 0.6) is 0 Å². The first-order valence-corrected chi connectivity index (χ1v) is 10.4. The molecule has 1 fully saturated rings. The van der Waals surface area contributed by atoms with Crippen molar-refractivity contribution in [3.63, 3.8) is 0 Å². The Labute approximate surface area is 157 Å². The van der Waals surface area contributed by atoms with Crippen LogP contribution < -0.4 is 4.90 Å². The van der Waals surface area contributed by atoms with Crippen molar-refractivity contribution >= 4 is 33.8 Å². The monoisotopic (exact) mass is 372 g/mol. The van der Waals surface area contributed by atoms with Gasteiger partial charge in [-0.3, -0.25) is 0 Å². The van der Waals surface area contributed by atoms with Crippen LogP contribution in [-0.4, -0.2) is 58.3 Å². The van der Waals surface area contributed by atoms with E-state index in [1.54, 1.807) is 16.7 Å². The zero-order chi connectivity index (χ0) is 17.9. The summed E-state index contributed by atoms with van der Waals surface area (Å²) in [5, 5.41) is 10.9. The maximum absolute atomic E-state index is 5.42. The molecule has 1 N–H and O–H groups in total. The Balaban J connectivity index is 1.59. The van der Waals surface area contributed by atoms with Gasteiger partial charge >= 0.3 is 0 Å². The second-order valence-electron chi connectivity index (χ2n) is 6.90. The molecule has 0 amide bonds. The average molecular weight is 373 g/mol. The molecule has 3 aromatic rings. The summed E-state index contributed by atoms with van der Waals surface area (Å²) in [5.41, 5.74) is 4.32. The highest BCUT2D eigenvalue weighted by Crippen LogP contribution is 2.28. The molecule has 1 aromatic carbocycles. The van der Waals surface area contributed by atoms with Crippen molar-refractivity contribution < 1.29 is 9.64 Å². The molecular weight excluding hydrogens is 346 g/mol. The van der Waals surface area contributed by atoms with Gasteiger partial charge in [-0.2, -0.15) is 0 Å². The number of aryl methyl sites for hydroxylation is 2. The van der Waals surface area contributed by atoms with E-state index in [1.807, 2.05) is 0 Å². The van der Waals surface area contributed by atoms with E-state index >= 15 is 0 Å². The fourth-order valence-electron chi connectivity index (χ4n) is 3.56. The fourth-order valence-corrected chi connectivity index (χ4v) is 4.39. The third kappa shape index (κ3) is 3.56. The van der Waals surface area contributed by atoms with Crippen LogP contribution in [0, 0.1) is 6.92 Å². The van der Waals surface area contributed by atoms with Crippen molar-refractivity contribution in [1.82, 2.24) is 19.7 Å². The molecule has 4 rings (SSSR count). The lowest BCUT2D eigenvalue weighted by Crippen LogP contribution is -3.14. The normalized spacial score (nSPS) is 15.9. The van der Waals surface area contributed by atoms with Crippen molar-refractivity contribution in [3.8, 4) is 0 Å². The second kappa shape index (κ2) is 7.90. The number of aromatic nitrogens is 4. The predicted molar refractivity (Wildman–Crippen MR) is 105 cm³/mol. The molecule has 1 aliphatic heterocycles. The maximum atomic E-state index is 5.42. The van der Waals surface area contributed by atoms with Crippen molar-refractivity contribution in [3.05, 3.63) is 23.8 Å². The standard InChI is InChI=1S/C19H25N5OS/c1-3-6-24-16-5-4-14(2)13-15(16)17-18(24)20-19(22-21-17)26-12-9-23-7-10-25-11-8-23/h4-5,13H,3,6-12H2,1-2H3/p+1. The number of ether oxygens (including phenoxy) is 1. The first kappa shape index (κ1) is 17.7. The molecule has 0 spiro atoms. The van der Waals surface area contributed by atoms with Gasteiger partial charge in [-0.1, -0.05) is 30.3 Å². The summed E-state index contributed by atoms with van der Waals surface area (Å²) in [6.45, 7) is 10.3. The van der Waals surface area contributed by atoms with E-state index in [9.17, 15) is 0 Å². The van der Waals surface area contributed by atoms with Crippen LogP contribution in [0.1, 0.15) is 18.9 Å². The minimum absolute atomic E-state index is 0.780. The number of nitrogens with zero attached hydrogens (tertiary/aromatic N) is 4. The molecule has 7 heteroatoms. The van der Waals surface area contributed by atoms with Gasteiger partial charge in [0, 0.05) is 11.9 Å². The molecule has 0 aliphatic carbocycles. The summed E-state index contributed by atoms with van der Waals surface area (Å²) in [6.07, 6.45) is 1.07. The number of quaternary nitrogens is 1. The number of benzene rings is 1. The summed E-state index contributed by atoms with van der Waals surface area (Å²) >= 11 is 1.71. The Bertz CT molecular complexity index is 904. The minimum atomic E-state index is 0.780. The van der Waals surface area contributed by atoms with Gasteiger partial charge in [-0.25, -0.2) is 4.98 Å². The quantitative estimate of drug-likeness (QED) is 0.668. The van der Waals surface area contributed by atoms with Gasteiger partial charge in [0.15, 0.2) is 5.65 Å². The van der Waals surface area contributed by atoms with Crippen molar-refractivity contribution in [2.75, 3.05) is 38.6 Å². The number of fused-ring (bicyclic) bond motifs is 3. The predicted octanol–water partition coefficient (Wildman–Crippen LogP) is 1.71. The number of thioether (sulfide) groups is 1. The first-order valence-electron chi connectivity index (χ1n) is 9.43. The molecule has 0 atom stereocenters. The van der Waals surface area contributed by atoms with E-state index in [0.29, 0.717) is 0 Å². The number of nitrogens with one attached hydrogen (secondary N) is 1. The summed E-state index contributed by atoms with van der Waals surface area (Å²) < 4.78 is 7.71. The van der Waals surface area contributed by atoms with Gasteiger partial charge in [0.05, 0.1) is 31.0 Å². The Morgan fingerprint density at radius 1 is 1.23 bits per heavy atom. The van der Waals surface area contributed by atoms with Crippen molar-refractivity contribution in [1.29, 1.82) is 0 Å². The van der Waals surface area contributed by atoms with Gasteiger partial charge in [-0.05, 0) is 25.5 Å². The first-order chi connectivity index (χ1) is 12.8. The molecular formula is C19H26N5OS+. The van der Waals surface area contributed by atoms with E-state index in [1.165, 1.54) is 11.1 Å². The van der Waals surface area contributed by atoms with Gasteiger partial charge in [0.25, 0.3) is 0 Å². The Kier molecular flexibility index (Phi) is 5.38. The Morgan fingerprint density at radius 3 is 2.88 bits per heavy atom. The highest BCUT2D eigenvalue weighted by atomic mass is 32.2. The average Bonchev–Trinajstić information content (AvgIpc) is 2.96. The lowest BCUT2D eigenvalue weighted by Gasteiger charge is -2.23. The molecule has 2 aromatic heterocycles. The summed E-state index contributed by atoms with van der Waals surface area (Å²) in [7, 11) is 0. The van der Waals surface area contributed by atoms with Crippen molar-refractivity contribution in [2.24, 2.45) is 0 Å². The number of hydrogen-bond acceptors (Lipinski definition) is 5. The molecule has 1 aliphatic rings. The highest BCUT2D eigenvalue weighted by Gasteiger charge is 2.16. The molecule has 0 radical (unpaired) electrons. The smallest absolute Gasteiger partial charge is 0.211 e. The molecule has 0 bridgehead atoms. The molecule has 138 valence electrons. The molecule has 0 saturated carbocycles. The molecule has 6 nitrogen and oxygen atoms in total. The maximum Gasteiger partial charge on any atom is 0.211 e. The SMILES string of the molecule is CCCn1c2ccc(C)cc2c2nnc(SCC[NH+]3CCOCC3)nc21. The van der Waals surface area contributed by atoms with Gasteiger partial charge in [-0.15, -0.1) is 10.2 Å². The second-order valence-corrected chi connectivity index (χ2v) is 7.96. The largest absolute Gasteiger partial charge is 0.370 e. The van der Waals surface area contributed by atoms with E-state index in [0.717, 1.165) is 73.3 Å². The third-order valence-electron chi connectivity index (χ3n) is 4.94. The molecule has 1 saturated heterocycles. The van der Waals surface area contributed by atoms with Crippen LogP contribution in [0.3, 0.4) is 0 Å². The summed E-state index contributed by atoms with van der Waals surface area (Å²) in [6, 6.07) is 6.52. The van der Waals surface area contributed by atoms with Crippen LogP contribution >= 0.6 is 11.8 Å². The topological polar surface area (TPSA) is 57.3 Å².